The molecule has 1 saturated carbocycles. The molecule has 1 aliphatic carbocycles. The lowest BCUT2D eigenvalue weighted by Crippen LogP contribution is -2.37. The molecule has 3 rings (SSSR count). The van der Waals surface area contributed by atoms with E-state index in [1.165, 1.54) is 6.20 Å². The van der Waals surface area contributed by atoms with Crippen LogP contribution in [0.25, 0.3) is 0 Å². The van der Waals surface area contributed by atoms with Gasteiger partial charge in [0.2, 0.25) is 5.91 Å². The highest BCUT2D eigenvalue weighted by Gasteiger charge is 2.28. The van der Waals surface area contributed by atoms with Gasteiger partial charge in [-0.25, -0.2) is 9.97 Å². The summed E-state index contributed by atoms with van der Waals surface area (Å²) >= 11 is 0. The van der Waals surface area contributed by atoms with Crippen LogP contribution in [0.1, 0.15) is 50.2 Å². The molecule has 1 unspecified atom stereocenters. The first kappa shape index (κ1) is 17.8. The summed E-state index contributed by atoms with van der Waals surface area (Å²) in [5.74, 6) is 1.29. The topological polar surface area (TPSA) is 121 Å². The third-order valence-electron chi connectivity index (χ3n) is 4.74. The summed E-state index contributed by atoms with van der Waals surface area (Å²) in [5, 5.41) is 23.3. The Bertz CT molecular complexity index is 803. The number of carbonyl (C=O) groups is 1. The highest BCUT2D eigenvalue weighted by molar-refractivity contribution is 5.79. The van der Waals surface area contributed by atoms with Gasteiger partial charge >= 0.3 is 0 Å². The second-order valence-electron chi connectivity index (χ2n) is 6.59. The summed E-state index contributed by atoms with van der Waals surface area (Å²) in [6.07, 6.45) is 7.96. The van der Waals surface area contributed by atoms with Crippen LogP contribution in [0.2, 0.25) is 0 Å². The van der Waals surface area contributed by atoms with Crippen molar-refractivity contribution in [2.24, 2.45) is 13.0 Å². The Hall–Kier alpha value is -3.02. The summed E-state index contributed by atoms with van der Waals surface area (Å²) in [6.45, 7) is 1.91. The number of carbonyl (C=O) groups excluding carboxylic acids is 1. The van der Waals surface area contributed by atoms with Gasteiger partial charge in [0.15, 0.2) is 17.3 Å². The van der Waals surface area contributed by atoms with E-state index in [4.69, 9.17) is 5.26 Å². The lowest BCUT2D eigenvalue weighted by atomic mass is 9.85. The molecule has 9 nitrogen and oxygen atoms in total. The number of aryl methyl sites for hydroxylation is 1. The molecule has 1 aliphatic rings. The Morgan fingerprint density at radius 3 is 2.69 bits per heavy atom. The third kappa shape index (κ3) is 3.96. The normalized spacial score (nSPS) is 20.8. The Morgan fingerprint density at radius 1 is 1.31 bits per heavy atom. The van der Waals surface area contributed by atoms with Gasteiger partial charge in [0.1, 0.15) is 12.4 Å². The number of nitrogens with zero attached hydrogens (tertiary/aromatic N) is 6. The molecule has 1 amide bonds. The van der Waals surface area contributed by atoms with Gasteiger partial charge in [0.25, 0.3) is 0 Å². The monoisotopic (exact) mass is 354 g/mol. The number of hydrogen-bond donors (Lipinski definition) is 2. The van der Waals surface area contributed by atoms with Gasteiger partial charge in [-0.3, -0.25) is 4.79 Å². The van der Waals surface area contributed by atoms with Crippen molar-refractivity contribution in [2.75, 3.05) is 5.32 Å². The highest BCUT2D eigenvalue weighted by Crippen LogP contribution is 2.27. The molecule has 0 spiro atoms. The van der Waals surface area contributed by atoms with Crippen molar-refractivity contribution >= 4 is 11.7 Å². The fourth-order valence-corrected chi connectivity index (χ4v) is 3.30. The molecular formula is C17H22N8O. The minimum absolute atomic E-state index is 0.0129. The largest absolute Gasteiger partial charge is 0.365 e. The number of rotatable bonds is 5. The summed E-state index contributed by atoms with van der Waals surface area (Å²) in [4.78, 5) is 20.7. The lowest BCUT2D eigenvalue weighted by molar-refractivity contribution is -0.126. The molecule has 2 aromatic heterocycles. The maximum atomic E-state index is 12.5. The molecule has 0 aliphatic heterocycles. The van der Waals surface area contributed by atoms with Crippen LogP contribution in [-0.4, -0.2) is 36.7 Å². The van der Waals surface area contributed by atoms with Crippen molar-refractivity contribution in [2.45, 2.75) is 44.7 Å². The molecule has 0 saturated heterocycles. The molecule has 9 heteroatoms. The number of anilines is 1. The first-order chi connectivity index (χ1) is 12.6. The average molecular weight is 354 g/mol. The van der Waals surface area contributed by atoms with Crippen LogP contribution < -0.4 is 10.6 Å². The number of aromatic nitrogens is 5. The molecule has 2 N–H and O–H groups in total. The summed E-state index contributed by atoms with van der Waals surface area (Å²) in [7, 11) is 1.86. The zero-order valence-electron chi connectivity index (χ0n) is 14.9. The van der Waals surface area contributed by atoms with E-state index in [2.05, 4.69) is 30.8 Å². The van der Waals surface area contributed by atoms with Crippen molar-refractivity contribution in [3.63, 3.8) is 0 Å². The number of nitrogens with one attached hydrogen (secondary N) is 2. The Kier molecular flexibility index (Phi) is 5.41. The van der Waals surface area contributed by atoms with E-state index in [9.17, 15) is 4.79 Å². The van der Waals surface area contributed by atoms with Crippen molar-refractivity contribution in [1.29, 1.82) is 5.26 Å². The van der Waals surface area contributed by atoms with Gasteiger partial charge in [0, 0.05) is 31.4 Å². The van der Waals surface area contributed by atoms with Crippen molar-refractivity contribution in [3.05, 3.63) is 30.2 Å². The quantitative estimate of drug-likeness (QED) is 0.830. The molecule has 1 atom stereocenters. The maximum Gasteiger partial charge on any atom is 0.223 e. The molecule has 2 heterocycles. The predicted molar refractivity (Wildman–Crippen MR) is 93.7 cm³/mol. The molecule has 26 heavy (non-hydrogen) atoms. The molecule has 0 bridgehead atoms. The van der Waals surface area contributed by atoms with Gasteiger partial charge in [-0.15, -0.1) is 10.2 Å². The molecule has 1 fully saturated rings. The van der Waals surface area contributed by atoms with E-state index in [1.54, 1.807) is 17.1 Å². The predicted octanol–water partition coefficient (Wildman–Crippen LogP) is 1.32. The van der Waals surface area contributed by atoms with E-state index in [1.807, 2.05) is 20.0 Å². The molecule has 2 aromatic rings. The maximum absolute atomic E-state index is 12.5. The van der Waals surface area contributed by atoms with Gasteiger partial charge in [-0.05, 0) is 32.6 Å². The van der Waals surface area contributed by atoms with Crippen molar-refractivity contribution in [3.8, 4) is 6.07 Å². The van der Waals surface area contributed by atoms with E-state index < -0.39 is 0 Å². The SMILES string of the molecule is CC(NC(=O)C1CCC(Nc2nccnc2C#N)CC1)c1nncn1C. The zero-order valence-corrected chi connectivity index (χ0v) is 14.9. The zero-order chi connectivity index (χ0) is 18.5. The first-order valence-corrected chi connectivity index (χ1v) is 8.70. The van der Waals surface area contributed by atoms with Crippen molar-refractivity contribution < 1.29 is 4.79 Å². The van der Waals surface area contributed by atoms with Gasteiger partial charge in [0.05, 0.1) is 6.04 Å². The van der Waals surface area contributed by atoms with Crippen LogP contribution in [0.3, 0.4) is 0 Å². The number of amides is 1. The van der Waals surface area contributed by atoms with E-state index >= 15 is 0 Å². The standard InChI is InChI=1S/C17H22N8O/c1-11(16-24-21-10-25(16)2)22-17(26)12-3-5-13(6-4-12)23-15-14(9-18)19-7-8-20-15/h7-8,10-13H,3-6H2,1-2H3,(H,20,23)(H,22,26). The van der Waals surface area contributed by atoms with Gasteiger partial charge in [-0.1, -0.05) is 0 Å². The smallest absolute Gasteiger partial charge is 0.223 e. The number of hydrogen-bond acceptors (Lipinski definition) is 7. The van der Waals surface area contributed by atoms with E-state index in [-0.39, 0.29) is 23.9 Å². The minimum atomic E-state index is -0.177. The summed E-state index contributed by atoms with van der Waals surface area (Å²) in [6, 6.07) is 2.05. The van der Waals surface area contributed by atoms with E-state index in [0.29, 0.717) is 11.5 Å². The summed E-state index contributed by atoms with van der Waals surface area (Å²) < 4.78 is 1.81. The van der Waals surface area contributed by atoms with Crippen LogP contribution in [0.5, 0.6) is 0 Å². The summed E-state index contributed by atoms with van der Waals surface area (Å²) in [5.41, 5.74) is 0.296. The Morgan fingerprint density at radius 2 is 2.04 bits per heavy atom. The molecular weight excluding hydrogens is 332 g/mol. The molecule has 0 aromatic carbocycles. The second kappa shape index (κ2) is 7.91. The van der Waals surface area contributed by atoms with Gasteiger partial charge < -0.3 is 15.2 Å². The molecule has 136 valence electrons. The fraction of sp³-hybridized carbons (Fsp3) is 0.529. The Balaban J connectivity index is 1.51. The average Bonchev–Trinajstić information content (AvgIpc) is 3.09. The van der Waals surface area contributed by atoms with Crippen LogP contribution >= 0.6 is 0 Å². The van der Waals surface area contributed by atoms with E-state index in [0.717, 1.165) is 31.5 Å². The van der Waals surface area contributed by atoms with Crippen molar-refractivity contribution in [1.82, 2.24) is 30.0 Å². The third-order valence-corrected chi connectivity index (χ3v) is 4.74. The first-order valence-electron chi connectivity index (χ1n) is 8.70. The fourth-order valence-electron chi connectivity index (χ4n) is 3.30. The lowest BCUT2D eigenvalue weighted by Gasteiger charge is -2.29. The molecule has 0 radical (unpaired) electrons. The minimum Gasteiger partial charge on any atom is -0.365 e. The Labute approximate surface area is 151 Å². The van der Waals surface area contributed by atoms with Crippen LogP contribution in [-0.2, 0) is 11.8 Å². The second-order valence-corrected chi connectivity index (χ2v) is 6.59. The van der Waals surface area contributed by atoms with Crippen LogP contribution in [0.4, 0.5) is 5.82 Å². The van der Waals surface area contributed by atoms with Crippen LogP contribution in [0.15, 0.2) is 18.7 Å². The van der Waals surface area contributed by atoms with Gasteiger partial charge in [-0.2, -0.15) is 5.26 Å². The van der Waals surface area contributed by atoms with Crippen LogP contribution in [0, 0.1) is 17.2 Å². The number of nitriles is 1. The highest BCUT2D eigenvalue weighted by atomic mass is 16.1.